The normalized spacial score (nSPS) is 10.2. The van der Waals surface area contributed by atoms with Crippen LogP contribution in [-0.2, 0) is 0 Å². The molecule has 1 heterocycles. The quantitative estimate of drug-likeness (QED) is 0.901. The summed E-state index contributed by atoms with van der Waals surface area (Å²) in [6.07, 6.45) is 1.74. The minimum absolute atomic E-state index is 0.490. The number of ether oxygens (including phenoxy) is 2. The molecule has 0 aliphatic carbocycles. The number of nitrogens with two attached hydrogens (primary N) is 1. The summed E-state index contributed by atoms with van der Waals surface area (Å²) in [5, 5.41) is 0. The number of methoxy groups -OCH3 is 2. The number of nitrogens with zero attached hydrogens (tertiary/aromatic N) is 1. The monoisotopic (exact) mass is 244 g/mol. The number of rotatable bonds is 3. The number of hydrogen-bond donors (Lipinski definition) is 1. The fourth-order valence-electron chi connectivity index (χ4n) is 1.82. The Bertz CT molecular complexity index is 568. The highest BCUT2D eigenvalue weighted by molar-refractivity contribution is 5.79. The molecule has 4 heteroatoms. The number of pyridine rings is 1. The molecule has 0 unspecified atom stereocenters. The van der Waals surface area contributed by atoms with Crippen LogP contribution in [0.25, 0.3) is 11.1 Å². The highest BCUT2D eigenvalue weighted by Gasteiger charge is 2.11. The fraction of sp³-hybridized carbons (Fsp3) is 0.214. The van der Waals surface area contributed by atoms with Gasteiger partial charge in [-0.1, -0.05) is 0 Å². The van der Waals surface area contributed by atoms with E-state index in [0.29, 0.717) is 11.6 Å². The van der Waals surface area contributed by atoms with Gasteiger partial charge in [0.05, 0.1) is 14.2 Å². The van der Waals surface area contributed by atoms with E-state index in [0.717, 1.165) is 22.4 Å². The minimum atomic E-state index is 0.490. The van der Waals surface area contributed by atoms with Crippen molar-refractivity contribution in [2.45, 2.75) is 6.92 Å². The Labute approximate surface area is 106 Å². The molecule has 0 aliphatic heterocycles. The zero-order valence-electron chi connectivity index (χ0n) is 10.7. The van der Waals surface area contributed by atoms with E-state index in [1.807, 2.05) is 31.2 Å². The molecule has 0 bridgehead atoms. The average Bonchev–Trinajstić information content (AvgIpc) is 2.41. The number of anilines is 1. The lowest BCUT2D eigenvalue weighted by atomic mass is 10.0. The third kappa shape index (κ3) is 2.22. The van der Waals surface area contributed by atoms with Gasteiger partial charge in [-0.3, -0.25) is 0 Å². The Balaban J connectivity index is 2.59. The van der Waals surface area contributed by atoms with Crippen LogP contribution < -0.4 is 15.2 Å². The molecule has 0 saturated carbocycles. The zero-order chi connectivity index (χ0) is 13.1. The van der Waals surface area contributed by atoms with Crippen molar-refractivity contribution in [2.24, 2.45) is 0 Å². The molecule has 0 saturated heterocycles. The van der Waals surface area contributed by atoms with Gasteiger partial charge in [-0.25, -0.2) is 4.98 Å². The van der Waals surface area contributed by atoms with E-state index in [1.165, 1.54) is 0 Å². The molecule has 0 aliphatic rings. The maximum absolute atomic E-state index is 5.92. The third-order valence-electron chi connectivity index (χ3n) is 2.75. The van der Waals surface area contributed by atoms with E-state index in [4.69, 9.17) is 15.2 Å². The molecule has 18 heavy (non-hydrogen) atoms. The summed E-state index contributed by atoms with van der Waals surface area (Å²) in [5.41, 5.74) is 8.75. The molecule has 2 N–H and O–H groups in total. The van der Waals surface area contributed by atoms with Crippen LogP contribution in [0.3, 0.4) is 0 Å². The third-order valence-corrected chi connectivity index (χ3v) is 2.75. The van der Waals surface area contributed by atoms with Crippen molar-refractivity contribution in [3.05, 3.63) is 36.0 Å². The molecule has 0 amide bonds. The van der Waals surface area contributed by atoms with Crippen molar-refractivity contribution in [1.29, 1.82) is 0 Å². The van der Waals surface area contributed by atoms with Crippen molar-refractivity contribution < 1.29 is 9.47 Å². The summed E-state index contributed by atoms with van der Waals surface area (Å²) in [7, 11) is 3.24. The Kier molecular flexibility index (Phi) is 3.37. The summed E-state index contributed by atoms with van der Waals surface area (Å²) in [6.45, 7) is 1.98. The first-order chi connectivity index (χ1) is 8.65. The van der Waals surface area contributed by atoms with Crippen molar-refractivity contribution in [3.63, 3.8) is 0 Å². The number of nitrogen functional groups attached to an aromatic ring is 1. The van der Waals surface area contributed by atoms with Crippen LogP contribution in [0.15, 0.2) is 30.5 Å². The van der Waals surface area contributed by atoms with Crippen molar-refractivity contribution in [2.75, 3.05) is 20.0 Å². The van der Waals surface area contributed by atoms with Gasteiger partial charge in [0.25, 0.3) is 0 Å². The second kappa shape index (κ2) is 4.96. The Morgan fingerprint density at radius 1 is 1.06 bits per heavy atom. The molecule has 0 fully saturated rings. The summed E-state index contributed by atoms with van der Waals surface area (Å²) >= 11 is 0. The standard InChI is InChI=1S/C14H16N2O2/c1-9-6-12(14(15)16-8-9)11-5-4-10(17-2)7-13(11)18-3/h4-8H,1-3H3,(H2,15,16). The SMILES string of the molecule is COc1ccc(-c2cc(C)cnc2N)c(OC)c1. The minimum Gasteiger partial charge on any atom is -0.497 e. The number of aryl methyl sites for hydroxylation is 1. The van der Waals surface area contributed by atoms with Gasteiger partial charge in [0.1, 0.15) is 17.3 Å². The molecule has 2 rings (SSSR count). The van der Waals surface area contributed by atoms with E-state index >= 15 is 0 Å². The van der Waals surface area contributed by atoms with E-state index in [9.17, 15) is 0 Å². The maximum atomic E-state index is 5.92. The van der Waals surface area contributed by atoms with Gasteiger partial charge >= 0.3 is 0 Å². The molecule has 0 radical (unpaired) electrons. The van der Waals surface area contributed by atoms with Crippen molar-refractivity contribution in [3.8, 4) is 22.6 Å². The molecule has 0 spiro atoms. The number of benzene rings is 1. The Hall–Kier alpha value is -2.23. The zero-order valence-corrected chi connectivity index (χ0v) is 10.7. The molecule has 1 aromatic carbocycles. The summed E-state index contributed by atoms with van der Waals surface area (Å²) in [4.78, 5) is 4.16. The first-order valence-electron chi connectivity index (χ1n) is 5.60. The van der Waals surface area contributed by atoms with Crippen molar-refractivity contribution >= 4 is 5.82 Å². The van der Waals surface area contributed by atoms with Gasteiger partial charge in [0, 0.05) is 23.4 Å². The van der Waals surface area contributed by atoms with Crippen LogP contribution in [0.5, 0.6) is 11.5 Å². The van der Waals surface area contributed by atoms with Gasteiger partial charge < -0.3 is 15.2 Å². The second-order valence-electron chi connectivity index (χ2n) is 4.01. The Morgan fingerprint density at radius 2 is 1.83 bits per heavy atom. The van der Waals surface area contributed by atoms with Crippen LogP contribution in [0, 0.1) is 6.92 Å². The molecular weight excluding hydrogens is 228 g/mol. The molecule has 94 valence electrons. The highest BCUT2D eigenvalue weighted by atomic mass is 16.5. The fourth-order valence-corrected chi connectivity index (χ4v) is 1.82. The van der Waals surface area contributed by atoms with Crippen molar-refractivity contribution in [1.82, 2.24) is 4.98 Å². The predicted octanol–water partition coefficient (Wildman–Crippen LogP) is 2.66. The van der Waals surface area contributed by atoms with Crippen LogP contribution >= 0.6 is 0 Å². The predicted molar refractivity (Wildman–Crippen MR) is 71.9 cm³/mol. The molecule has 2 aromatic rings. The maximum Gasteiger partial charge on any atom is 0.131 e. The highest BCUT2D eigenvalue weighted by Crippen LogP contribution is 2.35. The first-order valence-corrected chi connectivity index (χ1v) is 5.60. The van der Waals surface area contributed by atoms with Gasteiger partial charge in [0.15, 0.2) is 0 Å². The van der Waals surface area contributed by atoms with Crippen LogP contribution in [0.1, 0.15) is 5.56 Å². The molecule has 4 nitrogen and oxygen atoms in total. The van der Waals surface area contributed by atoms with Crippen LogP contribution in [-0.4, -0.2) is 19.2 Å². The smallest absolute Gasteiger partial charge is 0.131 e. The first kappa shape index (κ1) is 12.2. The lowest BCUT2D eigenvalue weighted by molar-refractivity contribution is 0.395. The van der Waals surface area contributed by atoms with Gasteiger partial charge in [0.2, 0.25) is 0 Å². The lowest BCUT2D eigenvalue weighted by Crippen LogP contribution is -1.97. The van der Waals surface area contributed by atoms with E-state index in [-0.39, 0.29) is 0 Å². The van der Waals surface area contributed by atoms with Gasteiger partial charge in [-0.15, -0.1) is 0 Å². The van der Waals surface area contributed by atoms with Crippen LogP contribution in [0.2, 0.25) is 0 Å². The molecule has 0 atom stereocenters. The van der Waals surface area contributed by atoms with Crippen LogP contribution in [0.4, 0.5) is 5.82 Å². The average molecular weight is 244 g/mol. The number of aromatic nitrogens is 1. The topological polar surface area (TPSA) is 57.4 Å². The molecular formula is C14H16N2O2. The largest absolute Gasteiger partial charge is 0.497 e. The Morgan fingerprint density at radius 3 is 2.50 bits per heavy atom. The molecule has 1 aromatic heterocycles. The lowest BCUT2D eigenvalue weighted by Gasteiger charge is -2.12. The van der Waals surface area contributed by atoms with E-state index in [1.54, 1.807) is 20.4 Å². The summed E-state index contributed by atoms with van der Waals surface area (Å²) in [5.74, 6) is 1.95. The number of hydrogen-bond acceptors (Lipinski definition) is 4. The summed E-state index contributed by atoms with van der Waals surface area (Å²) in [6, 6.07) is 7.62. The van der Waals surface area contributed by atoms with E-state index in [2.05, 4.69) is 4.98 Å². The second-order valence-corrected chi connectivity index (χ2v) is 4.01. The van der Waals surface area contributed by atoms with Gasteiger partial charge in [-0.2, -0.15) is 0 Å². The van der Waals surface area contributed by atoms with E-state index < -0.39 is 0 Å². The van der Waals surface area contributed by atoms with Gasteiger partial charge in [-0.05, 0) is 30.7 Å². The summed E-state index contributed by atoms with van der Waals surface area (Å²) < 4.78 is 10.5.